The largest absolute Gasteiger partial charge is 0.366 e. The van der Waals surface area contributed by atoms with Gasteiger partial charge in [0.1, 0.15) is 11.5 Å². The van der Waals surface area contributed by atoms with E-state index >= 15 is 0 Å². The van der Waals surface area contributed by atoms with Gasteiger partial charge in [0.15, 0.2) is 5.78 Å². The van der Waals surface area contributed by atoms with Gasteiger partial charge in [-0.25, -0.2) is 4.39 Å². The lowest BCUT2D eigenvalue weighted by Gasteiger charge is -2.36. The highest BCUT2D eigenvalue weighted by Gasteiger charge is 2.26. The first-order valence-electron chi connectivity index (χ1n) is 10.8. The Bertz CT molecular complexity index is 1240. The Hall–Kier alpha value is -4.27. The van der Waals surface area contributed by atoms with Crippen LogP contribution in [0.3, 0.4) is 0 Å². The minimum Gasteiger partial charge on any atom is -0.366 e. The first kappa shape index (κ1) is 22.9. The number of benzene rings is 3. The second kappa shape index (κ2) is 9.70. The minimum atomic E-state index is -0.520. The fraction of sp³-hybridized carbons (Fsp3) is 0.200. The van der Waals surface area contributed by atoms with Crippen LogP contribution in [0.15, 0.2) is 66.7 Å². The molecule has 1 heterocycles. The number of carbonyl (C=O) groups is 2. The molecule has 0 radical (unpaired) electrons. The molecule has 0 bridgehead atoms. The van der Waals surface area contributed by atoms with Gasteiger partial charge in [0.25, 0.3) is 11.6 Å². The van der Waals surface area contributed by atoms with Crippen molar-refractivity contribution in [1.82, 2.24) is 4.90 Å². The number of piperazine rings is 1. The number of nitrogens with one attached hydrogen (secondary N) is 1. The molecule has 3 aromatic carbocycles. The summed E-state index contributed by atoms with van der Waals surface area (Å²) in [6, 6.07) is 17.8. The number of halogens is 1. The molecule has 1 aliphatic rings. The molecule has 1 aliphatic heterocycles. The molecule has 3 aromatic rings. The van der Waals surface area contributed by atoms with Gasteiger partial charge in [0, 0.05) is 49.1 Å². The van der Waals surface area contributed by atoms with Crippen LogP contribution >= 0.6 is 0 Å². The van der Waals surface area contributed by atoms with Crippen molar-refractivity contribution in [2.75, 3.05) is 36.4 Å². The number of nitro benzene ring substituents is 1. The topological polar surface area (TPSA) is 95.8 Å². The van der Waals surface area contributed by atoms with Crippen LogP contribution < -0.4 is 10.2 Å². The van der Waals surface area contributed by atoms with Crippen molar-refractivity contribution in [1.29, 1.82) is 0 Å². The van der Waals surface area contributed by atoms with Crippen LogP contribution in [0.5, 0.6) is 0 Å². The predicted octanol–water partition coefficient (Wildman–Crippen LogP) is 4.64. The van der Waals surface area contributed by atoms with E-state index in [4.69, 9.17) is 0 Å². The fourth-order valence-corrected chi connectivity index (χ4v) is 3.91. The normalized spacial score (nSPS) is 13.5. The van der Waals surface area contributed by atoms with E-state index in [2.05, 4.69) is 5.32 Å². The summed E-state index contributed by atoms with van der Waals surface area (Å²) in [4.78, 5) is 39.0. The van der Waals surface area contributed by atoms with Gasteiger partial charge < -0.3 is 15.1 Å². The zero-order chi connectivity index (χ0) is 24.2. The molecule has 0 aromatic heterocycles. The van der Waals surface area contributed by atoms with Crippen LogP contribution in [0.2, 0.25) is 0 Å². The van der Waals surface area contributed by atoms with Crippen molar-refractivity contribution in [2.45, 2.75) is 6.92 Å². The number of carbonyl (C=O) groups excluding carboxylic acids is 2. The first-order valence-corrected chi connectivity index (χ1v) is 10.8. The molecule has 0 atom stereocenters. The lowest BCUT2D eigenvalue weighted by atomic mass is 10.1. The molecule has 0 unspecified atom stereocenters. The lowest BCUT2D eigenvalue weighted by Crippen LogP contribution is -2.49. The van der Waals surface area contributed by atoms with Crippen molar-refractivity contribution < 1.29 is 18.9 Å². The summed E-state index contributed by atoms with van der Waals surface area (Å²) in [6.07, 6.45) is 0. The molecular formula is C25H23FN4O4. The maximum atomic E-state index is 14.5. The maximum Gasteiger partial charge on any atom is 0.293 e. The van der Waals surface area contributed by atoms with Gasteiger partial charge in [-0.05, 0) is 49.4 Å². The number of rotatable bonds is 6. The summed E-state index contributed by atoms with van der Waals surface area (Å²) in [5.41, 5.74) is 1.70. The van der Waals surface area contributed by atoms with Crippen LogP contribution in [0.25, 0.3) is 0 Å². The quantitative estimate of drug-likeness (QED) is 0.326. The van der Waals surface area contributed by atoms with Gasteiger partial charge in [-0.15, -0.1) is 0 Å². The van der Waals surface area contributed by atoms with Crippen LogP contribution in [-0.2, 0) is 0 Å². The van der Waals surface area contributed by atoms with Crippen LogP contribution in [0.1, 0.15) is 27.6 Å². The van der Waals surface area contributed by atoms with Gasteiger partial charge in [0.05, 0.1) is 10.6 Å². The monoisotopic (exact) mass is 462 g/mol. The summed E-state index contributed by atoms with van der Waals surface area (Å²) >= 11 is 0. The van der Waals surface area contributed by atoms with Gasteiger partial charge in [-0.3, -0.25) is 19.7 Å². The second-order valence-corrected chi connectivity index (χ2v) is 7.98. The number of anilines is 3. The SMILES string of the molecule is CC(=O)c1ccc(N2CCN(C(=O)c3ccc(Nc4ccccc4)c([N+](=O)[O-])c3)CC2)c(F)c1. The molecule has 1 amide bonds. The van der Waals surface area contributed by atoms with E-state index < -0.39 is 10.7 Å². The third kappa shape index (κ3) is 4.88. The van der Waals surface area contributed by atoms with E-state index in [1.54, 1.807) is 35.2 Å². The molecule has 4 rings (SSSR count). The van der Waals surface area contributed by atoms with E-state index in [0.717, 1.165) is 0 Å². The molecule has 34 heavy (non-hydrogen) atoms. The molecular weight excluding hydrogens is 439 g/mol. The number of hydrogen-bond donors (Lipinski definition) is 1. The van der Waals surface area contributed by atoms with Crippen molar-refractivity contribution >= 4 is 34.4 Å². The summed E-state index contributed by atoms with van der Waals surface area (Å²) in [7, 11) is 0. The van der Waals surface area contributed by atoms with Crippen LogP contribution in [0, 0.1) is 15.9 Å². The average Bonchev–Trinajstić information content (AvgIpc) is 2.84. The third-order valence-corrected chi connectivity index (χ3v) is 5.76. The molecule has 1 N–H and O–H groups in total. The molecule has 0 spiro atoms. The first-order chi connectivity index (χ1) is 16.3. The van der Waals surface area contributed by atoms with Gasteiger partial charge >= 0.3 is 0 Å². The van der Waals surface area contributed by atoms with Gasteiger partial charge in [0.2, 0.25) is 0 Å². The molecule has 1 saturated heterocycles. The highest BCUT2D eigenvalue weighted by atomic mass is 19.1. The number of nitro groups is 1. The van der Waals surface area contributed by atoms with Crippen molar-refractivity contribution in [2.24, 2.45) is 0 Å². The fourth-order valence-electron chi connectivity index (χ4n) is 3.91. The predicted molar refractivity (Wildman–Crippen MR) is 127 cm³/mol. The standard InChI is InChI=1S/C25H23FN4O4/c1-17(31)18-8-10-23(21(26)15-18)28-11-13-29(14-12-28)25(32)19-7-9-22(24(16-19)30(33)34)27-20-5-3-2-4-6-20/h2-10,15-16,27H,11-14H2,1H3. The summed E-state index contributed by atoms with van der Waals surface area (Å²) in [6.45, 7) is 2.86. The summed E-state index contributed by atoms with van der Waals surface area (Å²) in [5, 5.41) is 14.6. The van der Waals surface area contributed by atoms with Gasteiger partial charge in [-0.1, -0.05) is 18.2 Å². The average molecular weight is 462 g/mol. The molecule has 0 aliphatic carbocycles. The number of Topliss-reactive ketones (excluding diaryl/α,β-unsaturated/α-hetero) is 1. The van der Waals surface area contributed by atoms with E-state index in [1.807, 2.05) is 23.1 Å². The Kier molecular flexibility index (Phi) is 6.53. The molecule has 9 heteroatoms. The highest BCUT2D eigenvalue weighted by Crippen LogP contribution is 2.29. The minimum absolute atomic E-state index is 0.194. The highest BCUT2D eigenvalue weighted by molar-refractivity contribution is 5.96. The van der Waals surface area contributed by atoms with E-state index in [1.165, 1.54) is 25.1 Å². The Morgan fingerprint density at radius 1 is 0.941 bits per heavy atom. The zero-order valence-electron chi connectivity index (χ0n) is 18.5. The number of nitrogens with zero attached hydrogens (tertiary/aromatic N) is 3. The Morgan fingerprint density at radius 3 is 2.24 bits per heavy atom. The van der Waals surface area contributed by atoms with Crippen molar-refractivity contribution in [3.8, 4) is 0 Å². The second-order valence-electron chi connectivity index (χ2n) is 7.98. The van der Waals surface area contributed by atoms with E-state index in [0.29, 0.717) is 48.8 Å². The smallest absolute Gasteiger partial charge is 0.293 e. The third-order valence-electron chi connectivity index (χ3n) is 5.76. The summed E-state index contributed by atoms with van der Waals surface area (Å²) in [5.74, 6) is -1.01. The summed E-state index contributed by atoms with van der Waals surface area (Å²) < 4.78 is 14.5. The van der Waals surface area contributed by atoms with E-state index in [9.17, 15) is 24.1 Å². The number of amides is 1. The van der Waals surface area contributed by atoms with Crippen LogP contribution in [-0.4, -0.2) is 47.7 Å². The van der Waals surface area contributed by atoms with Crippen molar-refractivity contribution in [3.05, 3.63) is 93.8 Å². The van der Waals surface area contributed by atoms with E-state index in [-0.39, 0.29) is 22.9 Å². The van der Waals surface area contributed by atoms with Crippen molar-refractivity contribution in [3.63, 3.8) is 0 Å². The molecule has 8 nitrogen and oxygen atoms in total. The molecule has 0 saturated carbocycles. The zero-order valence-corrected chi connectivity index (χ0v) is 18.5. The van der Waals surface area contributed by atoms with Gasteiger partial charge in [-0.2, -0.15) is 0 Å². The van der Waals surface area contributed by atoms with Crippen LogP contribution in [0.4, 0.5) is 27.1 Å². The molecule has 1 fully saturated rings. The Balaban J connectivity index is 1.46. The molecule has 174 valence electrons. The Morgan fingerprint density at radius 2 is 1.62 bits per heavy atom. The number of ketones is 1. The number of para-hydroxylation sites is 1. The maximum absolute atomic E-state index is 14.5. The number of hydrogen-bond acceptors (Lipinski definition) is 6. The lowest BCUT2D eigenvalue weighted by molar-refractivity contribution is -0.383. The Labute approximate surface area is 195 Å².